The van der Waals surface area contributed by atoms with Gasteiger partial charge in [0.05, 0.1) is 0 Å². The molecule has 0 rings (SSSR count). The first kappa shape index (κ1) is 30.2. The van der Waals surface area contributed by atoms with Gasteiger partial charge in [-0.3, -0.25) is 0 Å². The lowest BCUT2D eigenvalue weighted by Crippen LogP contribution is -2.46. The van der Waals surface area contributed by atoms with Gasteiger partial charge in [0, 0.05) is 63.2 Å². The van der Waals surface area contributed by atoms with E-state index in [4.69, 9.17) is 26.6 Å². The number of hydrogen-bond acceptors (Lipinski definition) is 9. The molecule has 0 atom stereocenters. The van der Waals surface area contributed by atoms with E-state index in [9.17, 15) is 0 Å². The molecule has 11 heteroatoms. The van der Waals surface area contributed by atoms with Crippen molar-refractivity contribution in [3.05, 3.63) is 0 Å². The van der Waals surface area contributed by atoms with Crippen LogP contribution in [-0.4, -0.2) is 68.8 Å². The van der Waals surface area contributed by atoms with E-state index >= 15 is 0 Å². The number of hydrogen-bond donors (Lipinski definition) is 0. The summed E-state index contributed by atoms with van der Waals surface area (Å²) in [5.74, 6) is 2.13. The van der Waals surface area contributed by atoms with Gasteiger partial charge in [0.25, 0.3) is 0 Å². The summed E-state index contributed by atoms with van der Waals surface area (Å²) in [6, 6.07) is 1.76. The first-order chi connectivity index (χ1) is 14.1. The van der Waals surface area contributed by atoms with Crippen LogP contribution < -0.4 is 0 Å². The van der Waals surface area contributed by atoms with Crippen LogP contribution in [-0.2, 0) is 26.6 Å². The van der Waals surface area contributed by atoms with Crippen LogP contribution in [0.25, 0.3) is 0 Å². The molecule has 0 saturated carbocycles. The maximum atomic E-state index is 5.90. The van der Waals surface area contributed by atoms with Crippen molar-refractivity contribution in [3.8, 4) is 0 Å². The van der Waals surface area contributed by atoms with Crippen LogP contribution >= 0.6 is 31.4 Å². The zero-order chi connectivity index (χ0) is 21.8. The molecule has 0 aliphatic carbocycles. The van der Waals surface area contributed by atoms with E-state index in [-0.39, 0.29) is 0 Å². The molecule has 0 aliphatic heterocycles. The summed E-state index contributed by atoms with van der Waals surface area (Å²) in [6.07, 6.45) is 2.08. The van der Waals surface area contributed by atoms with Gasteiger partial charge >= 0.3 is 17.6 Å². The third kappa shape index (κ3) is 14.1. The highest BCUT2D eigenvalue weighted by atomic mass is 33.5. The molecular weight excluding hydrogens is 465 g/mol. The van der Waals surface area contributed by atoms with Gasteiger partial charge in [-0.05, 0) is 64.2 Å². The third-order valence-electron chi connectivity index (χ3n) is 3.70. The molecular formula is C18H42O6S3Si2. The van der Waals surface area contributed by atoms with Gasteiger partial charge in [0.15, 0.2) is 0 Å². The van der Waals surface area contributed by atoms with E-state index in [0.29, 0.717) is 39.6 Å². The highest BCUT2D eigenvalue weighted by molar-refractivity contribution is 9.09. The summed E-state index contributed by atoms with van der Waals surface area (Å²) < 4.78 is 35.4. The largest absolute Gasteiger partial charge is 0.500 e. The van der Waals surface area contributed by atoms with Gasteiger partial charge in [-0.25, -0.2) is 0 Å². The minimum absolute atomic E-state index is 0.639. The topological polar surface area (TPSA) is 55.4 Å². The summed E-state index contributed by atoms with van der Waals surface area (Å²) >= 11 is 0. The average molecular weight is 507 g/mol. The van der Waals surface area contributed by atoms with Gasteiger partial charge in [0.1, 0.15) is 0 Å². The molecule has 0 aromatic rings. The Kier molecular flexibility index (Phi) is 20.7. The summed E-state index contributed by atoms with van der Waals surface area (Å²) in [6.45, 7) is 15.8. The lowest BCUT2D eigenvalue weighted by atomic mass is 10.6. The summed E-state index contributed by atoms with van der Waals surface area (Å²) in [4.78, 5) is 0. The Morgan fingerprint density at radius 2 is 0.759 bits per heavy atom. The Morgan fingerprint density at radius 1 is 0.483 bits per heavy atom. The summed E-state index contributed by atoms with van der Waals surface area (Å²) in [7, 11) is 0.657. The molecule has 0 saturated heterocycles. The van der Waals surface area contributed by atoms with Crippen molar-refractivity contribution in [2.45, 2.75) is 66.5 Å². The SMILES string of the molecule is CCO[Si](CCCSSSCCC[Si](OCC)(OCC)OCC)(OCC)OCC. The molecule has 0 unspecified atom stereocenters. The van der Waals surface area contributed by atoms with Gasteiger partial charge in [-0.15, -0.1) is 0 Å². The standard InChI is InChI=1S/C18H42O6S3Si2/c1-7-19-28(20-8-2,21-9-3)17-13-15-25-27-26-16-14-18-29(22-10-4,23-11-5)24-12-6/h7-18H2,1-6H3. The number of rotatable bonds is 22. The van der Waals surface area contributed by atoms with Crippen molar-refractivity contribution in [3.63, 3.8) is 0 Å². The van der Waals surface area contributed by atoms with Crippen molar-refractivity contribution in [1.29, 1.82) is 0 Å². The van der Waals surface area contributed by atoms with Crippen molar-refractivity contribution >= 4 is 49.0 Å². The van der Waals surface area contributed by atoms with Gasteiger partial charge in [0.2, 0.25) is 0 Å². The highest BCUT2D eigenvalue weighted by Crippen LogP contribution is 2.36. The van der Waals surface area contributed by atoms with Gasteiger partial charge < -0.3 is 26.6 Å². The minimum atomic E-state index is -2.49. The van der Waals surface area contributed by atoms with Crippen molar-refractivity contribution in [2.24, 2.45) is 0 Å². The van der Waals surface area contributed by atoms with E-state index in [1.807, 2.05) is 73.0 Å². The van der Waals surface area contributed by atoms with E-state index < -0.39 is 17.6 Å². The fourth-order valence-corrected chi connectivity index (χ4v) is 12.4. The average Bonchev–Trinajstić information content (AvgIpc) is 2.68. The molecule has 0 radical (unpaired) electrons. The maximum absolute atomic E-state index is 5.90. The van der Waals surface area contributed by atoms with Crippen LogP contribution in [0.1, 0.15) is 54.4 Å². The third-order valence-corrected chi connectivity index (χ3v) is 14.4. The lowest BCUT2D eigenvalue weighted by molar-refractivity contribution is 0.0704. The minimum Gasteiger partial charge on any atom is -0.374 e. The second kappa shape index (κ2) is 19.9. The molecule has 6 nitrogen and oxygen atoms in total. The maximum Gasteiger partial charge on any atom is 0.500 e. The summed E-state index contributed by atoms with van der Waals surface area (Å²) in [5, 5.41) is 0. The Labute approximate surface area is 192 Å². The van der Waals surface area contributed by atoms with Crippen LogP contribution in [0.15, 0.2) is 0 Å². The molecule has 0 amide bonds. The van der Waals surface area contributed by atoms with E-state index in [2.05, 4.69) is 0 Å². The predicted molar refractivity (Wildman–Crippen MR) is 133 cm³/mol. The van der Waals surface area contributed by atoms with Crippen LogP contribution in [0.5, 0.6) is 0 Å². The van der Waals surface area contributed by atoms with Crippen LogP contribution in [0.4, 0.5) is 0 Å². The van der Waals surface area contributed by atoms with Crippen LogP contribution in [0.3, 0.4) is 0 Å². The van der Waals surface area contributed by atoms with Crippen molar-refractivity contribution < 1.29 is 26.6 Å². The van der Waals surface area contributed by atoms with Gasteiger partial charge in [-0.1, -0.05) is 21.6 Å². The molecule has 0 aromatic heterocycles. The molecule has 0 bridgehead atoms. The molecule has 0 aliphatic rings. The normalized spacial score (nSPS) is 12.6. The summed E-state index contributed by atoms with van der Waals surface area (Å²) in [5.41, 5.74) is 0. The van der Waals surface area contributed by atoms with Crippen molar-refractivity contribution in [2.75, 3.05) is 51.1 Å². The molecule has 0 aromatic carbocycles. The van der Waals surface area contributed by atoms with E-state index in [1.54, 1.807) is 0 Å². The van der Waals surface area contributed by atoms with Crippen LogP contribution in [0.2, 0.25) is 12.1 Å². The predicted octanol–water partition coefficient (Wildman–Crippen LogP) is 5.89. The first-order valence-electron chi connectivity index (χ1n) is 10.8. The zero-order valence-electron chi connectivity index (χ0n) is 19.2. The fourth-order valence-electron chi connectivity index (χ4n) is 2.80. The Balaban J connectivity index is 4.05. The van der Waals surface area contributed by atoms with E-state index in [0.717, 1.165) is 36.4 Å². The monoisotopic (exact) mass is 506 g/mol. The second-order valence-corrected chi connectivity index (χ2v) is 15.8. The smallest absolute Gasteiger partial charge is 0.374 e. The quantitative estimate of drug-likeness (QED) is 0.102. The van der Waals surface area contributed by atoms with Gasteiger partial charge in [-0.2, -0.15) is 0 Å². The molecule has 176 valence electrons. The van der Waals surface area contributed by atoms with Crippen LogP contribution in [0, 0.1) is 0 Å². The highest BCUT2D eigenvalue weighted by Gasteiger charge is 2.40. The molecule has 0 fully saturated rings. The molecule has 0 spiro atoms. The Morgan fingerprint density at radius 3 is 1.00 bits per heavy atom. The van der Waals surface area contributed by atoms with E-state index in [1.165, 1.54) is 0 Å². The zero-order valence-corrected chi connectivity index (χ0v) is 23.6. The molecule has 0 heterocycles. The fraction of sp³-hybridized carbons (Fsp3) is 1.00. The molecule has 29 heavy (non-hydrogen) atoms. The molecule has 0 N–H and O–H groups in total. The first-order valence-corrected chi connectivity index (χ1v) is 18.5. The van der Waals surface area contributed by atoms with Crippen molar-refractivity contribution in [1.82, 2.24) is 0 Å². The Bertz CT molecular complexity index is 306. The second-order valence-electron chi connectivity index (χ2n) is 5.88. The lowest BCUT2D eigenvalue weighted by Gasteiger charge is -2.28. The Hall–Kier alpha value is 1.24.